The average Bonchev–Trinajstić information content (AvgIpc) is 3.33. The molecule has 1 heterocycles. The van der Waals surface area contributed by atoms with E-state index >= 15 is 0 Å². The number of imidazole rings is 1. The summed E-state index contributed by atoms with van der Waals surface area (Å²) >= 11 is 2.23. The van der Waals surface area contributed by atoms with Gasteiger partial charge in [-0.25, -0.2) is 9.37 Å². The van der Waals surface area contributed by atoms with E-state index in [-0.39, 0.29) is 11.7 Å². The third-order valence-electron chi connectivity index (χ3n) is 5.69. The van der Waals surface area contributed by atoms with Crippen LogP contribution in [0.25, 0.3) is 11.0 Å². The van der Waals surface area contributed by atoms with Crippen LogP contribution in [0.4, 0.5) is 4.39 Å². The van der Waals surface area contributed by atoms with Gasteiger partial charge in [-0.05, 0) is 71.7 Å². The molecule has 1 amide bonds. The molecule has 1 fully saturated rings. The number of fused-ring (bicyclic) bond motifs is 1. The van der Waals surface area contributed by atoms with Crippen molar-refractivity contribution >= 4 is 39.5 Å². The van der Waals surface area contributed by atoms with Crippen molar-refractivity contribution in [2.24, 2.45) is 5.92 Å². The molecule has 3 aromatic rings. The monoisotopic (exact) mass is 519 g/mol. The maximum absolute atomic E-state index is 13.9. The van der Waals surface area contributed by atoms with Gasteiger partial charge < -0.3 is 9.47 Å². The van der Waals surface area contributed by atoms with Gasteiger partial charge in [-0.2, -0.15) is 0 Å². The van der Waals surface area contributed by atoms with Crippen molar-refractivity contribution in [2.45, 2.75) is 52.1 Å². The fourth-order valence-electron chi connectivity index (χ4n) is 4.44. The molecule has 1 aliphatic carbocycles. The van der Waals surface area contributed by atoms with Crippen molar-refractivity contribution in [1.82, 2.24) is 14.5 Å². The van der Waals surface area contributed by atoms with Crippen molar-refractivity contribution in [2.75, 3.05) is 6.54 Å². The fraction of sp³-hybridized carbons (Fsp3) is 0.417. The maximum Gasteiger partial charge on any atom is 0.254 e. The van der Waals surface area contributed by atoms with Crippen molar-refractivity contribution in [3.05, 3.63) is 63.2 Å². The first-order chi connectivity index (χ1) is 14.4. The lowest BCUT2D eigenvalue weighted by Crippen LogP contribution is -2.35. The Morgan fingerprint density at radius 1 is 1.23 bits per heavy atom. The SMILES string of the molecule is CC(C)CN(Cc1nc2cc(F)ccc2n1C1CCCC1)C(=O)c1cccc(I)c1. The van der Waals surface area contributed by atoms with Gasteiger partial charge in [0.15, 0.2) is 0 Å². The molecular formula is C24H27FIN3O. The molecule has 158 valence electrons. The molecule has 0 N–H and O–H groups in total. The highest BCUT2D eigenvalue weighted by Gasteiger charge is 2.26. The summed E-state index contributed by atoms with van der Waals surface area (Å²) in [6, 6.07) is 12.9. The second-order valence-electron chi connectivity index (χ2n) is 8.56. The molecule has 0 bridgehead atoms. The number of amides is 1. The van der Waals surface area contributed by atoms with E-state index < -0.39 is 0 Å². The number of nitrogens with zero attached hydrogens (tertiary/aromatic N) is 3. The summed E-state index contributed by atoms with van der Waals surface area (Å²) in [6.07, 6.45) is 4.60. The minimum Gasteiger partial charge on any atom is -0.331 e. The van der Waals surface area contributed by atoms with Crippen molar-refractivity contribution in [1.29, 1.82) is 0 Å². The standard InChI is InChI=1S/C24H27FIN3O/c1-16(2)14-28(24(30)17-6-5-7-19(26)12-17)15-23-27-21-13-18(25)10-11-22(21)29(23)20-8-3-4-9-20/h5-7,10-13,16,20H,3-4,8-9,14-15H2,1-2H3. The molecule has 0 atom stereocenters. The van der Waals surface area contributed by atoms with Gasteiger partial charge in [0, 0.05) is 27.8 Å². The van der Waals surface area contributed by atoms with Crippen LogP contribution in [0, 0.1) is 15.3 Å². The predicted octanol–water partition coefficient (Wildman–Crippen LogP) is 6.19. The van der Waals surface area contributed by atoms with E-state index in [1.165, 1.54) is 25.0 Å². The molecule has 1 aliphatic rings. The number of halogens is 2. The number of benzene rings is 2. The van der Waals surface area contributed by atoms with Crippen LogP contribution < -0.4 is 0 Å². The normalized spacial score (nSPS) is 14.7. The quantitative estimate of drug-likeness (QED) is 0.364. The highest BCUT2D eigenvalue weighted by molar-refractivity contribution is 14.1. The molecule has 0 radical (unpaired) electrons. The molecular weight excluding hydrogens is 492 g/mol. The molecule has 4 nitrogen and oxygen atoms in total. The van der Waals surface area contributed by atoms with Gasteiger partial charge in [-0.1, -0.05) is 32.8 Å². The summed E-state index contributed by atoms with van der Waals surface area (Å²) in [7, 11) is 0. The van der Waals surface area contributed by atoms with Gasteiger partial charge >= 0.3 is 0 Å². The molecule has 0 aliphatic heterocycles. The lowest BCUT2D eigenvalue weighted by Gasteiger charge is -2.26. The number of aromatic nitrogens is 2. The first-order valence-corrected chi connectivity index (χ1v) is 11.7. The Bertz CT molecular complexity index is 1060. The topological polar surface area (TPSA) is 38.1 Å². The summed E-state index contributed by atoms with van der Waals surface area (Å²) in [6.45, 7) is 5.30. The molecule has 0 spiro atoms. The summed E-state index contributed by atoms with van der Waals surface area (Å²) in [5.74, 6) is 0.915. The van der Waals surface area contributed by atoms with Gasteiger partial charge in [-0.3, -0.25) is 4.79 Å². The Balaban J connectivity index is 1.73. The summed E-state index contributed by atoms with van der Waals surface area (Å²) < 4.78 is 17.2. The Morgan fingerprint density at radius 3 is 2.70 bits per heavy atom. The number of rotatable bonds is 6. The van der Waals surface area contributed by atoms with E-state index in [4.69, 9.17) is 4.98 Å². The summed E-state index contributed by atoms with van der Waals surface area (Å²) in [5, 5.41) is 0. The molecule has 0 saturated heterocycles. The Hall–Kier alpha value is -1.96. The van der Waals surface area contributed by atoms with E-state index in [1.807, 2.05) is 35.2 Å². The Morgan fingerprint density at radius 2 is 2.00 bits per heavy atom. The molecule has 2 aromatic carbocycles. The Kier molecular flexibility index (Phi) is 6.41. The van der Waals surface area contributed by atoms with Crippen molar-refractivity contribution in [3.63, 3.8) is 0 Å². The predicted molar refractivity (Wildman–Crippen MR) is 126 cm³/mol. The van der Waals surface area contributed by atoms with E-state index in [2.05, 4.69) is 41.0 Å². The lowest BCUT2D eigenvalue weighted by atomic mass is 10.1. The van der Waals surface area contributed by atoms with E-state index in [0.29, 0.717) is 36.1 Å². The molecule has 0 unspecified atom stereocenters. The zero-order chi connectivity index (χ0) is 21.3. The van der Waals surface area contributed by atoms with Crippen LogP contribution in [0.3, 0.4) is 0 Å². The Labute approximate surface area is 190 Å². The van der Waals surface area contributed by atoms with Gasteiger partial charge in [0.1, 0.15) is 11.6 Å². The van der Waals surface area contributed by atoms with Crippen LogP contribution in [-0.2, 0) is 6.54 Å². The van der Waals surface area contributed by atoms with Gasteiger partial charge in [0.05, 0.1) is 17.6 Å². The second-order valence-corrected chi connectivity index (χ2v) is 9.80. The van der Waals surface area contributed by atoms with Crippen LogP contribution in [0.2, 0.25) is 0 Å². The average molecular weight is 519 g/mol. The zero-order valence-corrected chi connectivity index (χ0v) is 19.6. The first-order valence-electron chi connectivity index (χ1n) is 10.6. The third-order valence-corrected chi connectivity index (χ3v) is 6.36. The third kappa shape index (κ3) is 4.53. The molecule has 1 saturated carbocycles. The number of hydrogen-bond donors (Lipinski definition) is 0. The molecule has 30 heavy (non-hydrogen) atoms. The van der Waals surface area contributed by atoms with E-state index in [1.54, 1.807) is 0 Å². The van der Waals surface area contributed by atoms with Crippen LogP contribution in [0.5, 0.6) is 0 Å². The highest BCUT2D eigenvalue weighted by atomic mass is 127. The molecule has 6 heteroatoms. The maximum atomic E-state index is 13.9. The van der Waals surface area contributed by atoms with Crippen LogP contribution in [0.1, 0.15) is 61.8 Å². The van der Waals surface area contributed by atoms with Crippen LogP contribution >= 0.6 is 22.6 Å². The lowest BCUT2D eigenvalue weighted by molar-refractivity contribution is 0.0715. The first kappa shape index (κ1) is 21.3. The largest absolute Gasteiger partial charge is 0.331 e. The highest BCUT2D eigenvalue weighted by Crippen LogP contribution is 2.34. The van der Waals surface area contributed by atoms with Crippen LogP contribution in [0.15, 0.2) is 42.5 Å². The molecule has 1 aromatic heterocycles. The number of hydrogen-bond acceptors (Lipinski definition) is 2. The van der Waals surface area contributed by atoms with Crippen molar-refractivity contribution in [3.8, 4) is 0 Å². The minimum absolute atomic E-state index is 0.0124. The van der Waals surface area contributed by atoms with Gasteiger partial charge in [-0.15, -0.1) is 0 Å². The van der Waals surface area contributed by atoms with E-state index in [9.17, 15) is 9.18 Å². The second kappa shape index (κ2) is 9.04. The number of carbonyl (C=O) groups is 1. The minimum atomic E-state index is -0.279. The smallest absolute Gasteiger partial charge is 0.254 e. The number of carbonyl (C=O) groups excluding carboxylic acids is 1. The van der Waals surface area contributed by atoms with E-state index in [0.717, 1.165) is 27.8 Å². The summed E-state index contributed by atoms with van der Waals surface area (Å²) in [4.78, 5) is 20.0. The molecule has 4 rings (SSSR count). The summed E-state index contributed by atoms with van der Waals surface area (Å²) in [5.41, 5.74) is 2.32. The van der Waals surface area contributed by atoms with Gasteiger partial charge in [0.2, 0.25) is 0 Å². The van der Waals surface area contributed by atoms with Gasteiger partial charge in [0.25, 0.3) is 5.91 Å². The fourth-order valence-corrected chi connectivity index (χ4v) is 4.98. The van der Waals surface area contributed by atoms with Crippen LogP contribution in [-0.4, -0.2) is 26.9 Å². The van der Waals surface area contributed by atoms with Crippen molar-refractivity contribution < 1.29 is 9.18 Å². The zero-order valence-electron chi connectivity index (χ0n) is 17.4.